The number of halogens is 1. The maximum atomic E-state index is 10.7. The molecule has 1 fully saturated rings. The van der Waals surface area contributed by atoms with Crippen molar-refractivity contribution < 1.29 is 5.11 Å². The number of nitrogens with zero attached hydrogens (tertiary/aromatic N) is 1. The van der Waals surface area contributed by atoms with Gasteiger partial charge in [-0.3, -0.25) is 0 Å². The first-order valence-electron chi connectivity index (χ1n) is 7.06. The quantitative estimate of drug-likeness (QED) is 0.914. The fraction of sp³-hybridized carbons (Fsp3) is 0.625. The van der Waals surface area contributed by atoms with E-state index in [2.05, 4.69) is 25.1 Å². The van der Waals surface area contributed by atoms with Crippen molar-refractivity contribution in [1.29, 1.82) is 0 Å². The number of aryl methyl sites for hydroxylation is 1. The molecule has 0 bridgehead atoms. The number of hydrogen-bond acceptors (Lipinski definition) is 2. The molecule has 1 aromatic rings. The second-order valence-corrected chi connectivity index (χ2v) is 6.43. The van der Waals surface area contributed by atoms with Gasteiger partial charge < -0.3 is 10.0 Å². The van der Waals surface area contributed by atoms with Gasteiger partial charge in [0, 0.05) is 17.0 Å². The third kappa shape index (κ3) is 2.96. The van der Waals surface area contributed by atoms with Gasteiger partial charge >= 0.3 is 0 Å². The summed E-state index contributed by atoms with van der Waals surface area (Å²) in [4.78, 5) is 2.20. The molecule has 0 aliphatic heterocycles. The summed E-state index contributed by atoms with van der Waals surface area (Å²) >= 11 is 6.28. The molecule has 0 spiro atoms. The average molecular weight is 282 g/mol. The molecule has 1 N–H and O–H groups in total. The summed E-state index contributed by atoms with van der Waals surface area (Å²) < 4.78 is 0. The molecule has 19 heavy (non-hydrogen) atoms. The number of hydrogen-bond donors (Lipinski definition) is 1. The fourth-order valence-electron chi connectivity index (χ4n) is 3.28. The van der Waals surface area contributed by atoms with Crippen LogP contribution in [0.25, 0.3) is 0 Å². The third-order valence-corrected chi connectivity index (χ3v) is 4.95. The predicted octanol–water partition coefficient (Wildman–Crippen LogP) is 3.43. The first-order valence-corrected chi connectivity index (χ1v) is 7.44. The monoisotopic (exact) mass is 281 g/mol. The molecular weight excluding hydrogens is 258 g/mol. The van der Waals surface area contributed by atoms with Gasteiger partial charge in [0.05, 0.1) is 6.10 Å². The summed E-state index contributed by atoms with van der Waals surface area (Å²) in [6.45, 7) is 2.03. The normalized spacial score (nSPS) is 19.9. The van der Waals surface area contributed by atoms with Crippen molar-refractivity contribution in [3.05, 3.63) is 34.3 Å². The van der Waals surface area contributed by atoms with Gasteiger partial charge in [-0.1, -0.05) is 36.6 Å². The summed E-state index contributed by atoms with van der Waals surface area (Å²) in [6, 6.07) is 6.07. The summed E-state index contributed by atoms with van der Waals surface area (Å²) in [5.74, 6) is 0. The molecule has 2 rings (SSSR count). The van der Waals surface area contributed by atoms with E-state index in [9.17, 15) is 5.11 Å². The molecular formula is C16H24ClNO. The lowest BCUT2D eigenvalue weighted by atomic mass is 9.85. The molecule has 106 valence electrons. The van der Waals surface area contributed by atoms with Crippen LogP contribution in [0.5, 0.6) is 0 Å². The Morgan fingerprint density at radius 1 is 1.32 bits per heavy atom. The minimum absolute atomic E-state index is 0.0752. The maximum absolute atomic E-state index is 10.7. The molecule has 0 saturated heterocycles. The second-order valence-electron chi connectivity index (χ2n) is 6.02. The predicted molar refractivity (Wildman–Crippen MR) is 80.8 cm³/mol. The SMILES string of the molecule is Cc1ccc(CC(O)C2(N(C)C)CCCC2)c(Cl)c1. The Morgan fingerprint density at radius 2 is 1.95 bits per heavy atom. The number of likely N-dealkylation sites (N-methyl/N-ethyl adjacent to an activating group) is 1. The zero-order valence-corrected chi connectivity index (χ0v) is 12.9. The van der Waals surface area contributed by atoms with Crippen LogP contribution in [0.3, 0.4) is 0 Å². The van der Waals surface area contributed by atoms with Crippen LogP contribution in [-0.4, -0.2) is 35.7 Å². The Kier molecular flexibility index (Phi) is 4.54. The van der Waals surface area contributed by atoms with E-state index in [0.717, 1.165) is 29.0 Å². The molecule has 2 nitrogen and oxygen atoms in total. The van der Waals surface area contributed by atoms with E-state index in [1.54, 1.807) is 0 Å². The molecule has 0 heterocycles. The van der Waals surface area contributed by atoms with E-state index in [0.29, 0.717) is 6.42 Å². The standard InChI is InChI=1S/C16H24ClNO/c1-12-6-7-13(14(17)10-12)11-15(19)16(18(2)3)8-4-5-9-16/h6-7,10,15,19H,4-5,8-9,11H2,1-3H3. The molecule has 0 radical (unpaired) electrons. The van der Waals surface area contributed by atoms with Crippen molar-refractivity contribution in [3.8, 4) is 0 Å². The summed E-state index contributed by atoms with van der Waals surface area (Å²) in [7, 11) is 4.15. The van der Waals surface area contributed by atoms with Crippen molar-refractivity contribution in [1.82, 2.24) is 4.90 Å². The lowest BCUT2D eigenvalue weighted by Gasteiger charge is -2.40. The molecule has 0 amide bonds. The number of aliphatic hydroxyl groups excluding tert-OH is 1. The van der Waals surface area contributed by atoms with Gasteiger partial charge in [0.2, 0.25) is 0 Å². The van der Waals surface area contributed by atoms with Gasteiger partial charge in [-0.15, -0.1) is 0 Å². The topological polar surface area (TPSA) is 23.5 Å². The number of benzene rings is 1. The van der Waals surface area contributed by atoms with Gasteiger partial charge in [-0.05, 0) is 51.1 Å². The second kappa shape index (κ2) is 5.82. The fourth-order valence-corrected chi connectivity index (χ4v) is 3.59. The number of aliphatic hydroxyl groups is 1. The molecule has 1 unspecified atom stereocenters. The van der Waals surface area contributed by atoms with Crippen LogP contribution in [0.4, 0.5) is 0 Å². The van der Waals surface area contributed by atoms with Crippen LogP contribution in [0.1, 0.15) is 36.8 Å². The Balaban J connectivity index is 2.17. The molecule has 1 aliphatic rings. The van der Waals surface area contributed by atoms with Gasteiger partial charge in [0.1, 0.15) is 0 Å². The van der Waals surface area contributed by atoms with Gasteiger partial charge in [0.25, 0.3) is 0 Å². The van der Waals surface area contributed by atoms with Crippen molar-refractivity contribution in [2.45, 2.75) is 50.7 Å². The zero-order chi connectivity index (χ0) is 14.0. The smallest absolute Gasteiger partial charge is 0.0764 e. The van der Waals surface area contributed by atoms with Crippen LogP contribution in [0.15, 0.2) is 18.2 Å². The Bertz CT molecular complexity index is 438. The lowest BCUT2D eigenvalue weighted by Crippen LogP contribution is -2.52. The summed E-state index contributed by atoms with van der Waals surface area (Å²) in [5, 5.41) is 11.5. The highest BCUT2D eigenvalue weighted by molar-refractivity contribution is 6.31. The van der Waals surface area contributed by atoms with Crippen LogP contribution >= 0.6 is 11.6 Å². The van der Waals surface area contributed by atoms with Crippen molar-refractivity contribution in [2.24, 2.45) is 0 Å². The first kappa shape index (κ1) is 14.8. The minimum Gasteiger partial charge on any atom is -0.391 e. The highest BCUT2D eigenvalue weighted by atomic mass is 35.5. The van der Waals surface area contributed by atoms with Crippen LogP contribution in [-0.2, 0) is 6.42 Å². The lowest BCUT2D eigenvalue weighted by molar-refractivity contribution is -0.00249. The zero-order valence-electron chi connectivity index (χ0n) is 12.1. The van der Waals surface area contributed by atoms with Crippen LogP contribution < -0.4 is 0 Å². The summed E-state index contributed by atoms with van der Waals surface area (Å²) in [6.07, 6.45) is 4.84. The van der Waals surface area contributed by atoms with Crippen molar-refractivity contribution in [3.63, 3.8) is 0 Å². The Morgan fingerprint density at radius 3 is 2.47 bits per heavy atom. The number of rotatable bonds is 4. The minimum atomic E-state index is -0.356. The first-order chi connectivity index (χ1) is 8.95. The molecule has 3 heteroatoms. The van der Waals surface area contributed by atoms with Gasteiger partial charge in [0.15, 0.2) is 0 Å². The van der Waals surface area contributed by atoms with Gasteiger partial charge in [-0.2, -0.15) is 0 Å². The third-order valence-electron chi connectivity index (χ3n) is 4.60. The van der Waals surface area contributed by atoms with Crippen molar-refractivity contribution in [2.75, 3.05) is 14.1 Å². The Hall–Kier alpha value is -0.570. The molecule has 0 aromatic heterocycles. The highest BCUT2D eigenvalue weighted by Gasteiger charge is 2.42. The average Bonchev–Trinajstić information content (AvgIpc) is 2.83. The largest absolute Gasteiger partial charge is 0.391 e. The van der Waals surface area contributed by atoms with E-state index in [1.807, 2.05) is 19.1 Å². The van der Waals surface area contributed by atoms with E-state index in [4.69, 9.17) is 11.6 Å². The van der Waals surface area contributed by atoms with Crippen LogP contribution in [0, 0.1) is 6.92 Å². The maximum Gasteiger partial charge on any atom is 0.0764 e. The molecule has 1 aliphatic carbocycles. The Labute approximate surface area is 121 Å². The molecule has 1 atom stereocenters. The van der Waals surface area contributed by atoms with E-state index in [1.165, 1.54) is 12.8 Å². The van der Waals surface area contributed by atoms with Crippen LogP contribution in [0.2, 0.25) is 5.02 Å². The van der Waals surface area contributed by atoms with E-state index < -0.39 is 0 Å². The molecule has 1 saturated carbocycles. The molecule has 1 aromatic carbocycles. The van der Waals surface area contributed by atoms with E-state index in [-0.39, 0.29) is 11.6 Å². The summed E-state index contributed by atoms with van der Waals surface area (Å²) in [5.41, 5.74) is 2.13. The van der Waals surface area contributed by atoms with E-state index >= 15 is 0 Å². The van der Waals surface area contributed by atoms with Crippen molar-refractivity contribution >= 4 is 11.6 Å². The highest BCUT2D eigenvalue weighted by Crippen LogP contribution is 2.38. The van der Waals surface area contributed by atoms with Gasteiger partial charge in [-0.25, -0.2) is 0 Å².